The molecular weight excluding hydrogens is 456 g/mol. The first-order valence-electron chi connectivity index (χ1n) is 11.0. The summed E-state index contributed by atoms with van der Waals surface area (Å²) in [7, 11) is 0. The molecule has 12 heteroatoms. The van der Waals surface area contributed by atoms with E-state index in [1.54, 1.807) is 0 Å². The number of hydrogen-bond acceptors (Lipinski definition) is 8. The molecule has 0 saturated heterocycles. The molecule has 3 amide bonds. The lowest BCUT2D eigenvalue weighted by Crippen LogP contribution is -2.51. The number of carbonyl (C=O) groups excluding carboxylic acids is 2. The summed E-state index contributed by atoms with van der Waals surface area (Å²) in [4.78, 5) is 40.2. The maximum atomic E-state index is 12.4. The third-order valence-electron chi connectivity index (χ3n) is 4.92. The topological polar surface area (TPSA) is 173 Å². The van der Waals surface area contributed by atoms with Gasteiger partial charge in [0.15, 0.2) is 5.96 Å². The number of nitrogens with zero attached hydrogens (tertiary/aromatic N) is 1. The lowest BCUT2D eigenvalue weighted by Gasteiger charge is -2.16. The number of aromatic hydroxyl groups is 1. The van der Waals surface area contributed by atoms with E-state index in [1.165, 1.54) is 18.2 Å². The van der Waals surface area contributed by atoms with Crippen molar-refractivity contribution in [2.24, 2.45) is 4.99 Å². The number of guanidine groups is 1. The molecule has 35 heavy (non-hydrogen) atoms. The summed E-state index contributed by atoms with van der Waals surface area (Å²) < 4.78 is 5.54. The van der Waals surface area contributed by atoms with Gasteiger partial charge in [-0.1, -0.05) is 30.3 Å². The van der Waals surface area contributed by atoms with Crippen LogP contribution in [0.5, 0.6) is 11.5 Å². The molecule has 0 fully saturated rings. The lowest BCUT2D eigenvalue weighted by atomic mass is 10.1. The number of ether oxygens (including phenoxy) is 1. The lowest BCUT2D eigenvalue weighted by molar-refractivity contribution is -0.139. The number of phenolic OH excluding ortho intramolecular Hbond substituents is 1. The predicted octanol–water partition coefficient (Wildman–Crippen LogP) is 0.00220. The molecule has 0 spiro atoms. The van der Waals surface area contributed by atoms with Gasteiger partial charge in [-0.3, -0.25) is 9.79 Å². The first-order valence-corrected chi connectivity index (χ1v) is 11.0. The maximum Gasteiger partial charge on any atom is 0.328 e. The second kappa shape index (κ2) is 12.7. The average molecular weight is 485 g/mol. The van der Waals surface area contributed by atoms with Gasteiger partial charge in [0.1, 0.15) is 24.1 Å². The zero-order chi connectivity index (χ0) is 25.0. The van der Waals surface area contributed by atoms with Gasteiger partial charge in [0.25, 0.3) is 5.91 Å². The number of aliphatic carboxylic acids is 1. The van der Waals surface area contributed by atoms with Crippen LogP contribution in [0.15, 0.2) is 53.5 Å². The summed E-state index contributed by atoms with van der Waals surface area (Å²) in [6.07, 6.45) is 0. The summed E-state index contributed by atoms with van der Waals surface area (Å²) in [6, 6.07) is 11.2. The van der Waals surface area contributed by atoms with Gasteiger partial charge in [-0.2, -0.15) is 0 Å². The Kier molecular flexibility index (Phi) is 9.11. The normalized spacial score (nSPS) is 13.1. The van der Waals surface area contributed by atoms with E-state index < -0.39 is 23.9 Å². The molecule has 0 radical (unpaired) electrons. The van der Waals surface area contributed by atoms with E-state index in [4.69, 9.17) is 4.74 Å². The van der Waals surface area contributed by atoms with Crippen molar-refractivity contribution in [1.82, 2.24) is 26.6 Å². The van der Waals surface area contributed by atoms with Crippen LogP contribution in [-0.4, -0.2) is 72.9 Å². The van der Waals surface area contributed by atoms with Gasteiger partial charge in [0.05, 0.1) is 18.7 Å². The average Bonchev–Trinajstić information content (AvgIpc) is 3.37. The van der Waals surface area contributed by atoms with Crippen LogP contribution in [0.2, 0.25) is 0 Å². The van der Waals surface area contributed by atoms with Gasteiger partial charge in [0, 0.05) is 25.7 Å². The highest BCUT2D eigenvalue weighted by Crippen LogP contribution is 2.23. The van der Waals surface area contributed by atoms with E-state index in [-0.39, 0.29) is 24.4 Å². The van der Waals surface area contributed by atoms with E-state index >= 15 is 0 Å². The van der Waals surface area contributed by atoms with E-state index in [1.807, 2.05) is 30.3 Å². The molecule has 186 valence electrons. The summed E-state index contributed by atoms with van der Waals surface area (Å²) in [6.45, 7) is 2.17. The molecule has 1 aliphatic heterocycles. The van der Waals surface area contributed by atoms with Crippen LogP contribution < -0.4 is 31.3 Å². The highest BCUT2D eigenvalue weighted by atomic mass is 16.5. The smallest absolute Gasteiger partial charge is 0.328 e. The van der Waals surface area contributed by atoms with E-state index in [0.29, 0.717) is 24.9 Å². The zero-order valence-electron chi connectivity index (χ0n) is 18.9. The summed E-state index contributed by atoms with van der Waals surface area (Å²) in [5, 5.41) is 33.0. The minimum absolute atomic E-state index is 0.0577. The minimum Gasteiger partial charge on any atom is -0.507 e. The number of nitrogens with one attached hydrogen (secondary N) is 5. The van der Waals surface area contributed by atoms with Crippen molar-refractivity contribution in [3.8, 4) is 11.5 Å². The molecule has 0 aromatic heterocycles. The molecule has 0 bridgehead atoms. The quantitative estimate of drug-likeness (QED) is 0.218. The van der Waals surface area contributed by atoms with Gasteiger partial charge in [-0.05, 0) is 17.7 Å². The number of urea groups is 1. The molecule has 2 aromatic carbocycles. The second-order valence-corrected chi connectivity index (χ2v) is 7.52. The molecule has 2 aromatic rings. The Bertz CT molecular complexity index is 1060. The Morgan fingerprint density at radius 3 is 2.60 bits per heavy atom. The minimum atomic E-state index is -1.37. The highest BCUT2D eigenvalue weighted by Gasteiger charge is 2.22. The largest absolute Gasteiger partial charge is 0.507 e. The van der Waals surface area contributed by atoms with Crippen molar-refractivity contribution in [3.63, 3.8) is 0 Å². The Labute approximate surface area is 201 Å². The van der Waals surface area contributed by atoms with Crippen molar-refractivity contribution in [3.05, 3.63) is 59.7 Å². The van der Waals surface area contributed by atoms with Gasteiger partial charge in [0.2, 0.25) is 0 Å². The number of hydrogen-bond donors (Lipinski definition) is 7. The Balaban J connectivity index is 1.44. The van der Waals surface area contributed by atoms with Gasteiger partial charge in [-0.25, -0.2) is 9.59 Å². The van der Waals surface area contributed by atoms with Crippen molar-refractivity contribution < 1.29 is 29.3 Å². The van der Waals surface area contributed by atoms with Crippen LogP contribution in [0.1, 0.15) is 15.9 Å². The molecule has 1 aliphatic rings. The summed E-state index contributed by atoms with van der Waals surface area (Å²) in [5.41, 5.74) is 0.792. The molecule has 12 nitrogen and oxygen atoms in total. The van der Waals surface area contributed by atoms with Crippen molar-refractivity contribution in [2.75, 3.05) is 32.8 Å². The number of rotatable bonds is 11. The molecule has 1 heterocycles. The number of amides is 3. The number of carboxylic acids is 1. The van der Waals surface area contributed by atoms with Crippen LogP contribution in [0, 0.1) is 0 Å². The second-order valence-electron chi connectivity index (χ2n) is 7.52. The molecular formula is C23H28N6O6. The SMILES string of the molecule is O=C(NCc1ccccc1)N[C@@H](CNC(=O)c1ccc(OCCNC2=NCCN2)cc1O)C(=O)O. The van der Waals surface area contributed by atoms with Crippen molar-refractivity contribution in [1.29, 1.82) is 0 Å². The number of aliphatic imine (C=N–C) groups is 1. The molecule has 0 unspecified atom stereocenters. The van der Waals surface area contributed by atoms with Crippen LogP contribution in [0.25, 0.3) is 0 Å². The van der Waals surface area contributed by atoms with Crippen LogP contribution >= 0.6 is 0 Å². The number of phenols is 1. The first kappa shape index (κ1) is 25.1. The third kappa shape index (κ3) is 8.11. The Morgan fingerprint density at radius 1 is 1.11 bits per heavy atom. The van der Waals surface area contributed by atoms with E-state index in [9.17, 15) is 24.6 Å². The van der Waals surface area contributed by atoms with Gasteiger partial charge in [-0.15, -0.1) is 0 Å². The van der Waals surface area contributed by atoms with Crippen LogP contribution in [-0.2, 0) is 11.3 Å². The highest BCUT2D eigenvalue weighted by molar-refractivity contribution is 5.97. The van der Waals surface area contributed by atoms with Crippen LogP contribution in [0.3, 0.4) is 0 Å². The molecule has 3 rings (SSSR count). The fraction of sp³-hybridized carbons (Fsp3) is 0.304. The maximum absolute atomic E-state index is 12.4. The van der Waals surface area contributed by atoms with Crippen LogP contribution in [0.4, 0.5) is 4.79 Å². The monoisotopic (exact) mass is 484 g/mol. The predicted molar refractivity (Wildman–Crippen MR) is 127 cm³/mol. The van der Waals surface area contributed by atoms with Crippen molar-refractivity contribution in [2.45, 2.75) is 12.6 Å². The first-order chi connectivity index (χ1) is 16.9. The Morgan fingerprint density at radius 2 is 1.91 bits per heavy atom. The zero-order valence-corrected chi connectivity index (χ0v) is 18.9. The van der Waals surface area contributed by atoms with Gasteiger partial charge >= 0.3 is 12.0 Å². The Hall–Kier alpha value is -4.48. The van der Waals surface area contributed by atoms with E-state index in [2.05, 4.69) is 31.6 Å². The molecule has 0 saturated carbocycles. The number of carbonyl (C=O) groups is 3. The molecule has 7 N–H and O–H groups in total. The third-order valence-corrected chi connectivity index (χ3v) is 4.92. The molecule has 1 atom stereocenters. The summed E-state index contributed by atoms with van der Waals surface area (Å²) in [5.74, 6) is -1.26. The molecule has 0 aliphatic carbocycles. The standard InChI is InChI=1S/C23H28N6O6/c30-19-12-16(35-11-10-26-22-24-8-9-25-22)6-7-17(19)20(31)27-14-18(21(32)33)29-23(34)28-13-15-4-2-1-3-5-15/h1-7,12,18,30H,8-11,13-14H2,(H,27,31)(H,32,33)(H2,24,25,26)(H2,28,29,34)/t18-/m0/s1. The fourth-order valence-electron chi connectivity index (χ4n) is 3.13. The number of carboxylic acid groups (broad SMARTS) is 1. The van der Waals surface area contributed by atoms with E-state index in [0.717, 1.165) is 18.7 Å². The number of benzene rings is 2. The fourth-order valence-corrected chi connectivity index (χ4v) is 3.13. The van der Waals surface area contributed by atoms with Gasteiger partial charge < -0.3 is 41.5 Å². The van der Waals surface area contributed by atoms with Crippen molar-refractivity contribution >= 4 is 23.9 Å². The summed E-state index contributed by atoms with van der Waals surface area (Å²) >= 11 is 0.